The van der Waals surface area contributed by atoms with E-state index < -0.39 is 15.9 Å². The predicted molar refractivity (Wildman–Crippen MR) is 73.1 cm³/mol. The van der Waals surface area contributed by atoms with E-state index in [2.05, 4.69) is 22.6 Å². The van der Waals surface area contributed by atoms with Crippen molar-refractivity contribution in [2.24, 2.45) is 0 Å². The summed E-state index contributed by atoms with van der Waals surface area (Å²) >= 11 is 2.11. The third-order valence-corrected chi connectivity index (χ3v) is 5.14. The van der Waals surface area contributed by atoms with Gasteiger partial charge in [-0.2, -0.15) is 0 Å². The highest BCUT2D eigenvalue weighted by molar-refractivity contribution is 14.1. The van der Waals surface area contributed by atoms with Crippen molar-refractivity contribution in [1.82, 2.24) is 4.31 Å². The normalized spacial score (nSPS) is 18.4. The molecule has 0 spiro atoms. The first-order valence-corrected chi connectivity index (χ1v) is 7.86. The molecule has 1 heterocycles. The van der Waals surface area contributed by atoms with E-state index in [4.69, 9.17) is 0 Å². The van der Waals surface area contributed by atoms with Crippen LogP contribution in [-0.4, -0.2) is 24.7 Å². The number of sulfonamides is 1. The lowest BCUT2D eigenvalue weighted by atomic mass is 10.1. The number of benzene rings is 1. The molecule has 1 aromatic carbocycles. The van der Waals surface area contributed by atoms with Gasteiger partial charge in [-0.3, -0.25) is 4.79 Å². The van der Waals surface area contributed by atoms with Gasteiger partial charge in [0.15, 0.2) is 0 Å². The van der Waals surface area contributed by atoms with Crippen LogP contribution in [-0.2, 0) is 15.8 Å². The summed E-state index contributed by atoms with van der Waals surface area (Å²) < 4.78 is 25.9. The summed E-state index contributed by atoms with van der Waals surface area (Å²) in [6.45, 7) is 3.41. The highest BCUT2D eigenvalue weighted by atomic mass is 127. The standard InChI is InChI=1S/C11H12INO3S/c1-7(2)13-11(14)10-5-9(12)4-3-8(10)6-17(13,15)16/h3-5,7H,6H2,1-2H3. The Morgan fingerprint density at radius 2 is 2.00 bits per heavy atom. The van der Waals surface area contributed by atoms with E-state index in [9.17, 15) is 13.2 Å². The molecule has 6 heteroatoms. The van der Waals surface area contributed by atoms with Gasteiger partial charge in [-0.1, -0.05) is 6.07 Å². The minimum absolute atomic E-state index is 0.0941. The maximum atomic E-state index is 12.2. The van der Waals surface area contributed by atoms with Crippen LogP contribution in [0.4, 0.5) is 0 Å². The third-order valence-electron chi connectivity index (χ3n) is 2.61. The number of rotatable bonds is 1. The number of nitrogens with zero attached hydrogens (tertiary/aromatic N) is 1. The van der Waals surface area contributed by atoms with Crippen LogP contribution in [0.15, 0.2) is 18.2 Å². The highest BCUT2D eigenvalue weighted by Crippen LogP contribution is 2.27. The van der Waals surface area contributed by atoms with Crippen molar-refractivity contribution < 1.29 is 13.2 Å². The van der Waals surface area contributed by atoms with Crippen molar-refractivity contribution >= 4 is 38.5 Å². The lowest BCUT2D eigenvalue weighted by molar-refractivity contribution is 0.0829. The number of fused-ring (bicyclic) bond motifs is 1. The quantitative estimate of drug-likeness (QED) is 0.716. The summed E-state index contributed by atoms with van der Waals surface area (Å²) in [5.74, 6) is -0.511. The van der Waals surface area contributed by atoms with Crippen LogP contribution in [0.5, 0.6) is 0 Å². The van der Waals surface area contributed by atoms with Crippen LogP contribution >= 0.6 is 22.6 Å². The minimum Gasteiger partial charge on any atom is -0.268 e. The fourth-order valence-corrected chi connectivity index (χ4v) is 4.21. The second-order valence-electron chi connectivity index (χ2n) is 4.25. The Bertz CT molecular complexity index is 580. The van der Waals surface area contributed by atoms with Crippen molar-refractivity contribution in [3.05, 3.63) is 32.9 Å². The van der Waals surface area contributed by atoms with Crippen LogP contribution in [0.2, 0.25) is 0 Å². The Balaban J connectivity index is 2.62. The molecule has 0 atom stereocenters. The van der Waals surface area contributed by atoms with Gasteiger partial charge in [0.1, 0.15) is 0 Å². The second-order valence-corrected chi connectivity index (χ2v) is 7.34. The Kier molecular flexibility index (Phi) is 3.19. The maximum Gasteiger partial charge on any atom is 0.267 e. The molecule has 17 heavy (non-hydrogen) atoms. The first-order chi connectivity index (χ1) is 7.83. The number of halogens is 1. The van der Waals surface area contributed by atoms with E-state index in [0.29, 0.717) is 11.1 Å². The second kappa shape index (κ2) is 4.24. The largest absolute Gasteiger partial charge is 0.268 e. The average Bonchev–Trinajstić information content (AvgIpc) is 2.17. The topological polar surface area (TPSA) is 54.5 Å². The van der Waals surface area contributed by atoms with Crippen molar-refractivity contribution in [3.63, 3.8) is 0 Å². The summed E-state index contributed by atoms with van der Waals surface area (Å²) in [7, 11) is -3.52. The van der Waals surface area contributed by atoms with E-state index in [1.165, 1.54) is 0 Å². The smallest absolute Gasteiger partial charge is 0.267 e. The minimum atomic E-state index is -3.52. The molecule has 0 bridgehead atoms. The third kappa shape index (κ3) is 2.20. The first kappa shape index (κ1) is 12.8. The van der Waals surface area contributed by atoms with Gasteiger partial charge >= 0.3 is 0 Å². The zero-order chi connectivity index (χ0) is 12.8. The molecule has 1 amide bonds. The molecule has 0 saturated heterocycles. The van der Waals surface area contributed by atoms with Gasteiger partial charge in [0.25, 0.3) is 5.91 Å². The van der Waals surface area contributed by atoms with Crippen LogP contribution in [0.25, 0.3) is 0 Å². The number of carbonyl (C=O) groups is 1. The molecule has 0 radical (unpaired) electrons. The number of hydrogen-bond acceptors (Lipinski definition) is 3. The Hall–Kier alpha value is -0.630. The van der Waals surface area contributed by atoms with Crippen LogP contribution < -0.4 is 0 Å². The lowest BCUT2D eigenvalue weighted by Gasteiger charge is -2.31. The zero-order valence-corrected chi connectivity index (χ0v) is 12.4. The number of hydrogen-bond donors (Lipinski definition) is 0. The van der Waals surface area contributed by atoms with Crippen molar-refractivity contribution in [2.75, 3.05) is 0 Å². The summed E-state index contributed by atoms with van der Waals surface area (Å²) in [5.41, 5.74) is 1.09. The number of carbonyl (C=O) groups excluding carboxylic acids is 1. The van der Waals surface area contributed by atoms with Crippen molar-refractivity contribution in [2.45, 2.75) is 25.6 Å². The summed E-state index contributed by atoms with van der Waals surface area (Å²) in [5, 5.41) is 0. The molecule has 1 aromatic rings. The van der Waals surface area contributed by atoms with Crippen molar-refractivity contribution in [3.8, 4) is 0 Å². The van der Waals surface area contributed by atoms with Gasteiger partial charge in [-0.15, -0.1) is 0 Å². The van der Waals surface area contributed by atoms with Gasteiger partial charge in [0, 0.05) is 15.2 Å². The first-order valence-electron chi connectivity index (χ1n) is 5.18. The van der Waals surface area contributed by atoms with E-state index in [0.717, 1.165) is 7.88 Å². The van der Waals surface area contributed by atoms with Gasteiger partial charge < -0.3 is 0 Å². The van der Waals surface area contributed by atoms with Gasteiger partial charge in [-0.25, -0.2) is 12.7 Å². The zero-order valence-electron chi connectivity index (χ0n) is 9.47. The fourth-order valence-electron chi connectivity index (χ4n) is 1.94. The van der Waals surface area contributed by atoms with Crippen LogP contribution in [0.3, 0.4) is 0 Å². The predicted octanol–water partition coefficient (Wildman–Crippen LogP) is 1.99. The number of amides is 1. The average molecular weight is 365 g/mol. The van der Waals surface area contributed by atoms with Crippen LogP contribution in [0.1, 0.15) is 29.8 Å². The van der Waals surface area contributed by atoms with E-state index in [1.807, 2.05) is 6.07 Å². The molecule has 0 N–H and O–H groups in total. The molecule has 0 aliphatic carbocycles. The van der Waals surface area contributed by atoms with E-state index in [1.54, 1.807) is 26.0 Å². The molecule has 2 rings (SSSR count). The molecule has 0 unspecified atom stereocenters. The van der Waals surface area contributed by atoms with Gasteiger partial charge in [0.05, 0.1) is 5.75 Å². The van der Waals surface area contributed by atoms with Gasteiger partial charge in [0.2, 0.25) is 10.0 Å². The molecule has 4 nitrogen and oxygen atoms in total. The SMILES string of the molecule is CC(C)N1C(=O)c2cc(I)ccc2CS1(=O)=O. The Morgan fingerprint density at radius 1 is 1.35 bits per heavy atom. The molecular weight excluding hydrogens is 353 g/mol. The molecule has 1 aliphatic heterocycles. The Morgan fingerprint density at radius 3 is 2.59 bits per heavy atom. The van der Waals surface area contributed by atoms with Gasteiger partial charge in [-0.05, 0) is 54.1 Å². The molecule has 1 aliphatic rings. The summed E-state index contributed by atoms with van der Waals surface area (Å²) in [6.07, 6.45) is 0. The fraction of sp³-hybridized carbons (Fsp3) is 0.364. The van der Waals surface area contributed by atoms with Crippen LogP contribution in [0, 0.1) is 3.57 Å². The Labute approximate surface area is 114 Å². The molecular formula is C11H12INO3S. The summed E-state index contributed by atoms with van der Waals surface area (Å²) in [6, 6.07) is 4.92. The van der Waals surface area contributed by atoms with E-state index in [-0.39, 0.29) is 11.8 Å². The molecule has 0 saturated carbocycles. The maximum absolute atomic E-state index is 12.2. The summed E-state index contributed by atoms with van der Waals surface area (Å²) in [4.78, 5) is 12.2. The molecule has 0 fully saturated rings. The van der Waals surface area contributed by atoms with E-state index >= 15 is 0 Å². The highest BCUT2D eigenvalue weighted by Gasteiger charge is 2.37. The molecule has 92 valence electrons. The lowest BCUT2D eigenvalue weighted by Crippen LogP contribution is -2.45. The molecule has 0 aromatic heterocycles. The monoisotopic (exact) mass is 365 g/mol. The van der Waals surface area contributed by atoms with Crippen molar-refractivity contribution in [1.29, 1.82) is 0 Å².